The molecule has 0 amide bonds. The Morgan fingerprint density at radius 3 is 2.31 bits per heavy atom. The minimum Gasteiger partial charge on any atom is -0.493 e. The minimum absolute atomic E-state index is 0.110. The van der Waals surface area contributed by atoms with E-state index in [1.807, 2.05) is 6.07 Å². The van der Waals surface area contributed by atoms with Gasteiger partial charge in [0.15, 0.2) is 28.8 Å². The Morgan fingerprint density at radius 1 is 0.812 bits per heavy atom. The second-order valence-corrected chi connectivity index (χ2v) is 7.06. The second-order valence-electron chi connectivity index (χ2n) is 7.06. The van der Waals surface area contributed by atoms with E-state index >= 15 is 0 Å². The standard InChI is InChI=1S/C25H19NO6/c1-28-22-12-18-19(13-23(22)29-2)26-10-9-20(18)32-17-6-3-15(4-7-17)25(27)16-5-8-21-24(11-16)31-14-30-21/h3-13H,14H2,1-2H3. The molecule has 5 rings (SSSR count). The third-order valence-corrected chi connectivity index (χ3v) is 5.19. The first-order valence-corrected chi connectivity index (χ1v) is 9.89. The van der Waals surface area contributed by atoms with Crippen LogP contribution in [0, 0.1) is 0 Å². The lowest BCUT2D eigenvalue weighted by atomic mass is 10.0. The molecular weight excluding hydrogens is 410 g/mol. The fourth-order valence-electron chi connectivity index (χ4n) is 3.54. The predicted molar refractivity (Wildman–Crippen MR) is 117 cm³/mol. The summed E-state index contributed by atoms with van der Waals surface area (Å²) in [6.45, 7) is 0.168. The highest BCUT2D eigenvalue weighted by atomic mass is 16.7. The smallest absolute Gasteiger partial charge is 0.231 e. The quantitative estimate of drug-likeness (QED) is 0.399. The maximum absolute atomic E-state index is 12.9. The van der Waals surface area contributed by atoms with Crippen molar-refractivity contribution in [2.45, 2.75) is 0 Å². The lowest BCUT2D eigenvalue weighted by Crippen LogP contribution is -2.01. The number of carbonyl (C=O) groups is 1. The number of benzene rings is 3. The average molecular weight is 429 g/mol. The van der Waals surface area contributed by atoms with Crippen molar-refractivity contribution in [1.29, 1.82) is 0 Å². The van der Waals surface area contributed by atoms with E-state index in [0.717, 1.165) is 10.9 Å². The van der Waals surface area contributed by atoms with Crippen molar-refractivity contribution in [3.8, 4) is 34.5 Å². The lowest BCUT2D eigenvalue weighted by molar-refractivity contribution is 0.103. The van der Waals surface area contributed by atoms with Crippen molar-refractivity contribution in [1.82, 2.24) is 4.98 Å². The molecule has 0 N–H and O–H groups in total. The fourth-order valence-corrected chi connectivity index (χ4v) is 3.54. The number of methoxy groups -OCH3 is 2. The first kappa shape index (κ1) is 19.7. The molecule has 0 bridgehead atoms. The van der Waals surface area contributed by atoms with Crippen molar-refractivity contribution in [2.24, 2.45) is 0 Å². The van der Waals surface area contributed by atoms with E-state index in [0.29, 0.717) is 45.6 Å². The number of ether oxygens (including phenoxy) is 5. The molecule has 0 unspecified atom stereocenters. The van der Waals surface area contributed by atoms with E-state index in [1.165, 1.54) is 0 Å². The van der Waals surface area contributed by atoms with Crippen LogP contribution in [0.1, 0.15) is 15.9 Å². The summed E-state index contributed by atoms with van der Waals surface area (Å²) in [4.78, 5) is 17.2. The van der Waals surface area contributed by atoms with Gasteiger partial charge in [-0.05, 0) is 54.6 Å². The number of carbonyl (C=O) groups excluding carboxylic acids is 1. The highest BCUT2D eigenvalue weighted by Crippen LogP contribution is 2.37. The van der Waals surface area contributed by atoms with E-state index in [-0.39, 0.29) is 12.6 Å². The zero-order chi connectivity index (χ0) is 22.1. The summed E-state index contributed by atoms with van der Waals surface area (Å²) in [6.07, 6.45) is 1.67. The zero-order valence-electron chi connectivity index (χ0n) is 17.5. The molecule has 4 aromatic rings. The summed E-state index contributed by atoms with van der Waals surface area (Å²) in [7, 11) is 3.16. The highest BCUT2D eigenvalue weighted by Gasteiger charge is 2.17. The van der Waals surface area contributed by atoms with E-state index in [4.69, 9.17) is 23.7 Å². The van der Waals surface area contributed by atoms with E-state index in [9.17, 15) is 4.79 Å². The molecule has 0 saturated carbocycles. The van der Waals surface area contributed by atoms with Gasteiger partial charge in [0.1, 0.15) is 11.5 Å². The number of hydrogen-bond donors (Lipinski definition) is 0. The van der Waals surface area contributed by atoms with Crippen LogP contribution in [0.3, 0.4) is 0 Å². The SMILES string of the molecule is COc1cc2nccc(Oc3ccc(C(=O)c4ccc5c(c4)OCO5)cc3)c2cc1OC. The molecule has 1 aromatic heterocycles. The number of fused-ring (bicyclic) bond motifs is 2. The van der Waals surface area contributed by atoms with Crippen LogP contribution in [0.25, 0.3) is 10.9 Å². The van der Waals surface area contributed by atoms with E-state index in [2.05, 4.69) is 4.98 Å². The Bertz CT molecular complexity index is 1320. The second kappa shape index (κ2) is 8.11. The van der Waals surface area contributed by atoms with Gasteiger partial charge in [-0.15, -0.1) is 0 Å². The Hall–Kier alpha value is -4.26. The van der Waals surface area contributed by atoms with Gasteiger partial charge in [-0.25, -0.2) is 0 Å². The van der Waals surface area contributed by atoms with Gasteiger partial charge in [-0.3, -0.25) is 9.78 Å². The molecule has 32 heavy (non-hydrogen) atoms. The van der Waals surface area contributed by atoms with Crippen LogP contribution in [-0.2, 0) is 0 Å². The molecule has 0 saturated heterocycles. The summed E-state index contributed by atoms with van der Waals surface area (Å²) >= 11 is 0. The summed E-state index contributed by atoms with van der Waals surface area (Å²) in [6, 6.07) is 17.5. The normalized spacial score (nSPS) is 11.9. The molecule has 0 atom stereocenters. The molecule has 0 spiro atoms. The highest BCUT2D eigenvalue weighted by molar-refractivity contribution is 6.09. The third kappa shape index (κ3) is 3.54. The van der Waals surface area contributed by atoms with Crippen molar-refractivity contribution < 1.29 is 28.5 Å². The van der Waals surface area contributed by atoms with E-state index in [1.54, 1.807) is 75.0 Å². The number of nitrogens with zero attached hydrogens (tertiary/aromatic N) is 1. The maximum atomic E-state index is 12.9. The summed E-state index contributed by atoms with van der Waals surface area (Å²) in [5.74, 6) is 3.50. The molecule has 1 aliphatic rings. The summed E-state index contributed by atoms with van der Waals surface area (Å²) in [5.41, 5.74) is 1.79. The molecular formula is C25H19NO6. The number of rotatable bonds is 6. The Morgan fingerprint density at radius 2 is 1.53 bits per heavy atom. The first-order valence-electron chi connectivity index (χ1n) is 9.89. The fraction of sp³-hybridized carbons (Fsp3) is 0.120. The van der Waals surface area contributed by atoms with Crippen LogP contribution in [0.2, 0.25) is 0 Å². The van der Waals surface area contributed by atoms with Gasteiger partial charge in [-0.2, -0.15) is 0 Å². The molecule has 7 heteroatoms. The van der Waals surface area contributed by atoms with Gasteiger partial charge < -0.3 is 23.7 Å². The van der Waals surface area contributed by atoms with Gasteiger partial charge in [0.25, 0.3) is 0 Å². The zero-order valence-corrected chi connectivity index (χ0v) is 17.5. The number of aromatic nitrogens is 1. The molecule has 0 aliphatic carbocycles. The third-order valence-electron chi connectivity index (χ3n) is 5.19. The maximum Gasteiger partial charge on any atom is 0.231 e. The largest absolute Gasteiger partial charge is 0.493 e. The van der Waals surface area contributed by atoms with Crippen molar-refractivity contribution in [3.05, 3.63) is 78.0 Å². The molecule has 160 valence electrons. The Kier molecular flexibility index (Phi) is 4.99. The van der Waals surface area contributed by atoms with Crippen LogP contribution in [0.15, 0.2) is 66.9 Å². The van der Waals surface area contributed by atoms with Crippen LogP contribution >= 0.6 is 0 Å². The molecule has 7 nitrogen and oxygen atoms in total. The molecule has 3 aromatic carbocycles. The Labute approximate surface area is 184 Å². The van der Waals surface area contributed by atoms with Crippen molar-refractivity contribution >= 4 is 16.7 Å². The first-order chi connectivity index (χ1) is 15.7. The van der Waals surface area contributed by atoms with Gasteiger partial charge in [0.2, 0.25) is 6.79 Å². The Balaban J connectivity index is 1.40. The monoisotopic (exact) mass is 429 g/mol. The minimum atomic E-state index is -0.110. The number of ketones is 1. The van der Waals surface area contributed by atoms with Crippen molar-refractivity contribution in [3.63, 3.8) is 0 Å². The topological polar surface area (TPSA) is 76.1 Å². The molecule has 2 heterocycles. The average Bonchev–Trinajstić information content (AvgIpc) is 3.31. The predicted octanol–water partition coefficient (Wildman–Crippen LogP) is 5.00. The van der Waals surface area contributed by atoms with Crippen LogP contribution in [0.5, 0.6) is 34.5 Å². The molecule has 0 radical (unpaired) electrons. The molecule has 1 aliphatic heterocycles. The number of hydrogen-bond acceptors (Lipinski definition) is 7. The van der Waals surface area contributed by atoms with E-state index < -0.39 is 0 Å². The molecule has 0 fully saturated rings. The lowest BCUT2D eigenvalue weighted by Gasteiger charge is -2.12. The summed E-state index contributed by atoms with van der Waals surface area (Å²) < 4.78 is 27.5. The van der Waals surface area contributed by atoms with Gasteiger partial charge in [0.05, 0.1) is 19.7 Å². The van der Waals surface area contributed by atoms with Crippen LogP contribution in [-0.4, -0.2) is 31.8 Å². The van der Waals surface area contributed by atoms with Gasteiger partial charge in [0, 0.05) is 28.8 Å². The number of pyridine rings is 1. The van der Waals surface area contributed by atoms with Crippen LogP contribution in [0.4, 0.5) is 0 Å². The van der Waals surface area contributed by atoms with Crippen LogP contribution < -0.4 is 23.7 Å². The van der Waals surface area contributed by atoms with Crippen molar-refractivity contribution in [2.75, 3.05) is 21.0 Å². The van der Waals surface area contributed by atoms with Gasteiger partial charge in [-0.1, -0.05) is 0 Å². The summed E-state index contributed by atoms with van der Waals surface area (Å²) in [5, 5.41) is 0.783. The van der Waals surface area contributed by atoms with Gasteiger partial charge >= 0.3 is 0 Å².